The molecule has 3 heterocycles. The minimum absolute atomic E-state index is 0.408. The molecule has 0 aliphatic heterocycles. The number of aromatic nitrogens is 5. The van der Waals surface area contributed by atoms with E-state index in [1.807, 2.05) is 17.5 Å². The molecule has 0 aliphatic carbocycles. The predicted octanol–water partition coefficient (Wildman–Crippen LogP) is 1.58. The topological polar surface area (TPSA) is 80.5 Å². The molecule has 0 fully saturated rings. The van der Waals surface area contributed by atoms with Crippen molar-refractivity contribution in [3.8, 4) is 22.2 Å². The highest BCUT2D eigenvalue weighted by molar-refractivity contribution is 7.13. The fraction of sp³-hybridized carbons (Fsp3) is 0. The maximum Gasteiger partial charge on any atom is 0.242 e. The van der Waals surface area contributed by atoms with Crippen LogP contribution in [0.1, 0.15) is 0 Å². The normalized spacial score (nSPS) is 10.7. The summed E-state index contributed by atoms with van der Waals surface area (Å²) in [6.45, 7) is 0. The molecule has 3 rings (SSSR count). The quantitative estimate of drug-likeness (QED) is 0.707. The highest BCUT2D eigenvalue weighted by Gasteiger charge is 2.12. The monoisotopic (exact) mass is 219 g/mol. The van der Waals surface area contributed by atoms with E-state index in [0.717, 1.165) is 10.6 Å². The number of H-pyrrole nitrogens is 1. The van der Waals surface area contributed by atoms with Gasteiger partial charge in [-0.2, -0.15) is 5.21 Å². The molecule has 6 nitrogen and oxygen atoms in total. The van der Waals surface area contributed by atoms with E-state index in [0.29, 0.717) is 11.6 Å². The van der Waals surface area contributed by atoms with Crippen LogP contribution in [0.15, 0.2) is 28.1 Å². The minimum Gasteiger partial charge on any atom is -0.352 e. The van der Waals surface area contributed by atoms with Crippen molar-refractivity contribution in [1.29, 1.82) is 0 Å². The Labute approximate surface area is 87.9 Å². The van der Waals surface area contributed by atoms with Crippen LogP contribution in [0.4, 0.5) is 0 Å². The van der Waals surface area contributed by atoms with Crippen molar-refractivity contribution in [1.82, 2.24) is 25.8 Å². The molecule has 0 aromatic carbocycles. The maximum atomic E-state index is 5.10. The van der Waals surface area contributed by atoms with Gasteiger partial charge in [0.2, 0.25) is 11.6 Å². The Morgan fingerprint density at radius 1 is 1.40 bits per heavy atom. The first-order valence-corrected chi connectivity index (χ1v) is 5.06. The van der Waals surface area contributed by atoms with Gasteiger partial charge < -0.3 is 4.52 Å². The largest absolute Gasteiger partial charge is 0.352 e. The lowest BCUT2D eigenvalue weighted by Gasteiger charge is -1.82. The zero-order valence-electron chi connectivity index (χ0n) is 7.41. The third kappa shape index (κ3) is 1.42. The van der Waals surface area contributed by atoms with Crippen molar-refractivity contribution in [3.05, 3.63) is 23.6 Å². The van der Waals surface area contributed by atoms with Crippen molar-refractivity contribution in [2.24, 2.45) is 0 Å². The molecule has 3 aromatic heterocycles. The third-order valence-electron chi connectivity index (χ3n) is 1.85. The lowest BCUT2D eigenvalue weighted by atomic mass is 10.3. The van der Waals surface area contributed by atoms with Crippen LogP contribution in [-0.2, 0) is 0 Å². The molecule has 1 N–H and O–H groups in total. The molecule has 15 heavy (non-hydrogen) atoms. The van der Waals surface area contributed by atoms with E-state index < -0.39 is 0 Å². The predicted molar refractivity (Wildman–Crippen MR) is 53.0 cm³/mol. The van der Waals surface area contributed by atoms with Crippen LogP contribution in [0.5, 0.6) is 0 Å². The van der Waals surface area contributed by atoms with E-state index in [1.54, 1.807) is 17.4 Å². The second kappa shape index (κ2) is 3.28. The zero-order valence-corrected chi connectivity index (χ0v) is 8.23. The van der Waals surface area contributed by atoms with Gasteiger partial charge in [0.05, 0.1) is 4.88 Å². The fourth-order valence-electron chi connectivity index (χ4n) is 1.19. The maximum absolute atomic E-state index is 5.10. The summed E-state index contributed by atoms with van der Waals surface area (Å²) < 4.78 is 5.10. The highest BCUT2D eigenvalue weighted by Crippen LogP contribution is 2.26. The number of nitrogens with one attached hydrogen (secondary N) is 1. The van der Waals surface area contributed by atoms with Gasteiger partial charge in [0, 0.05) is 6.07 Å². The lowest BCUT2D eigenvalue weighted by molar-refractivity contribution is 0.432. The number of hydrogen-bond donors (Lipinski definition) is 1. The summed E-state index contributed by atoms with van der Waals surface area (Å²) in [4.78, 5) is 1.05. The van der Waals surface area contributed by atoms with Crippen molar-refractivity contribution >= 4 is 11.3 Å². The fourth-order valence-corrected chi connectivity index (χ4v) is 1.87. The first-order valence-electron chi connectivity index (χ1n) is 4.18. The van der Waals surface area contributed by atoms with Crippen molar-refractivity contribution in [2.75, 3.05) is 0 Å². The molecule has 74 valence electrons. The molecular weight excluding hydrogens is 214 g/mol. The summed E-state index contributed by atoms with van der Waals surface area (Å²) in [7, 11) is 0. The lowest BCUT2D eigenvalue weighted by Crippen LogP contribution is -1.75. The molecule has 3 aromatic rings. The summed E-state index contributed by atoms with van der Waals surface area (Å²) in [5, 5.41) is 19.3. The van der Waals surface area contributed by atoms with Gasteiger partial charge in [-0.05, 0) is 16.7 Å². The summed E-state index contributed by atoms with van der Waals surface area (Å²) in [6, 6.07) is 5.72. The van der Waals surface area contributed by atoms with Gasteiger partial charge >= 0.3 is 0 Å². The van der Waals surface area contributed by atoms with Crippen LogP contribution in [-0.4, -0.2) is 25.8 Å². The van der Waals surface area contributed by atoms with Gasteiger partial charge in [-0.3, -0.25) is 0 Å². The van der Waals surface area contributed by atoms with Crippen LogP contribution in [0.2, 0.25) is 0 Å². The summed E-state index contributed by atoms with van der Waals surface area (Å²) in [5.74, 6) is 0.914. The van der Waals surface area contributed by atoms with Gasteiger partial charge in [0.1, 0.15) is 5.69 Å². The van der Waals surface area contributed by atoms with Crippen LogP contribution < -0.4 is 0 Å². The van der Waals surface area contributed by atoms with Crippen molar-refractivity contribution in [2.45, 2.75) is 0 Å². The second-order valence-electron chi connectivity index (χ2n) is 2.79. The van der Waals surface area contributed by atoms with E-state index in [4.69, 9.17) is 4.52 Å². The molecule has 0 saturated carbocycles. The Bertz CT molecular complexity index is 493. The standard InChI is InChI=1S/C8H5N5OS/c1-2-7(15-3-1)5-4-6(14-11-5)8-9-12-13-10-8/h1-4H,(H,9,10,12,13). The van der Waals surface area contributed by atoms with Gasteiger partial charge in [-0.25, -0.2) is 0 Å². The Kier molecular flexibility index (Phi) is 1.82. The second-order valence-corrected chi connectivity index (χ2v) is 3.74. The molecule has 0 amide bonds. The smallest absolute Gasteiger partial charge is 0.242 e. The molecule has 0 bridgehead atoms. The molecule has 0 aliphatic rings. The molecule has 7 heteroatoms. The number of aromatic amines is 1. The number of thiophene rings is 1. The van der Waals surface area contributed by atoms with Crippen molar-refractivity contribution < 1.29 is 4.52 Å². The van der Waals surface area contributed by atoms with Crippen LogP contribution >= 0.6 is 11.3 Å². The van der Waals surface area contributed by atoms with E-state index >= 15 is 0 Å². The molecule has 0 spiro atoms. The average Bonchev–Trinajstić information content (AvgIpc) is 3.02. The number of rotatable bonds is 2. The Balaban J connectivity index is 2.02. The third-order valence-corrected chi connectivity index (χ3v) is 2.74. The summed E-state index contributed by atoms with van der Waals surface area (Å²) in [5.41, 5.74) is 0.782. The van der Waals surface area contributed by atoms with E-state index in [2.05, 4.69) is 25.8 Å². The van der Waals surface area contributed by atoms with E-state index in [1.165, 1.54) is 0 Å². The minimum atomic E-state index is 0.408. The molecular formula is C8H5N5OS. The zero-order chi connectivity index (χ0) is 10.1. The van der Waals surface area contributed by atoms with E-state index in [9.17, 15) is 0 Å². The Morgan fingerprint density at radius 3 is 3.13 bits per heavy atom. The number of hydrogen-bond acceptors (Lipinski definition) is 6. The van der Waals surface area contributed by atoms with Crippen LogP contribution in [0.3, 0.4) is 0 Å². The molecule has 0 atom stereocenters. The average molecular weight is 219 g/mol. The Morgan fingerprint density at radius 2 is 2.40 bits per heavy atom. The molecule has 0 unspecified atom stereocenters. The van der Waals surface area contributed by atoms with E-state index in [-0.39, 0.29) is 0 Å². The van der Waals surface area contributed by atoms with Gasteiger partial charge in [0.25, 0.3) is 0 Å². The first-order chi connectivity index (χ1) is 7.43. The highest BCUT2D eigenvalue weighted by atomic mass is 32.1. The molecule has 0 radical (unpaired) electrons. The van der Waals surface area contributed by atoms with Crippen LogP contribution in [0, 0.1) is 0 Å². The molecule has 0 saturated heterocycles. The summed E-state index contributed by atoms with van der Waals surface area (Å²) >= 11 is 1.60. The van der Waals surface area contributed by atoms with Gasteiger partial charge in [0.15, 0.2) is 0 Å². The summed E-state index contributed by atoms with van der Waals surface area (Å²) in [6.07, 6.45) is 0. The SMILES string of the molecule is c1csc(-c2cc(-c3nn[nH]n3)on2)c1. The van der Waals surface area contributed by atoms with Gasteiger partial charge in [-0.1, -0.05) is 11.2 Å². The number of nitrogens with zero attached hydrogens (tertiary/aromatic N) is 4. The Hall–Kier alpha value is -2.02. The van der Waals surface area contributed by atoms with Gasteiger partial charge in [-0.15, -0.1) is 21.5 Å². The first kappa shape index (κ1) is 8.30. The van der Waals surface area contributed by atoms with Crippen LogP contribution in [0.25, 0.3) is 22.2 Å². The number of tetrazole rings is 1. The van der Waals surface area contributed by atoms with Crippen molar-refractivity contribution in [3.63, 3.8) is 0 Å².